The summed E-state index contributed by atoms with van der Waals surface area (Å²) in [5, 5.41) is 0. The first-order valence-corrected chi connectivity index (χ1v) is 7.59. The van der Waals surface area contributed by atoms with Gasteiger partial charge < -0.3 is 14.2 Å². The summed E-state index contributed by atoms with van der Waals surface area (Å²) in [4.78, 5) is 23.6. The van der Waals surface area contributed by atoms with Crippen LogP contribution < -0.4 is 9.47 Å². The summed E-state index contributed by atoms with van der Waals surface area (Å²) in [5.41, 5.74) is 1.73. The number of carbonyl (C=O) groups is 2. The molecule has 2 aromatic rings. The third kappa shape index (κ3) is 4.84. The fourth-order valence-electron chi connectivity index (χ4n) is 2.20. The zero-order valence-electron chi connectivity index (χ0n) is 13.8. The van der Waals surface area contributed by atoms with Crippen molar-refractivity contribution in [2.24, 2.45) is 0 Å². The van der Waals surface area contributed by atoms with E-state index in [1.807, 2.05) is 36.4 Å². The number of hydrogen-bond donors (Lipinski definition) is 0. The summed E-state index contributed by atoms with van der Waals surface area (Å²) >= 11 is 0. The highest BCUT2D eigenvalue weighted by atomic mass is 16.5. The Labute approximate surface area is 141 Å². The number of benzene rings is 2. The molecular weight excluding hydrogens is 308 g/mol. The van der Waals surface area contributed by atoms with Crippen LogP contribution in [0.2, 0.25) is 0 Å². The van der Waals surface area contributed by atoms with Gasteiger partial charge in [0.1, 0.15) is 6.61 Å². The molecule has 0 aliphatic rings. The number of ketones is 1. The van der Waals surface area contributed by atoms with Crippen molar-refractivity contribution in [2.45, 2.75) is 19.4 Å². The van der Waals surface area contributed by atoms with E-state index in [4.69, 9.17) is 14.2 Å². The molecule has 24 heavy (non-hydrogen) atoms. The van der Waals surface area contributed by atoms with E-state index in [1.165, 1.54) is 0 Å². The first kappa shape index (κ1) is 17.5. The molecule has 5 nitrogen and oxygen atoms in total. The van der Waals surface area contributed by atoms with Crippen LogP contribution in [-0.2, 0) is 27.4 Å². The molecule has 0 aliphatic heterocycles. The molecule has 2 aromatic carbocycles. The van der Waals surface area contributed by atoms with Gasteiger partial charge in [-0.15, -0.1) is 0 Å². The quantitative estimate of drug-likeness (QED) is 0.551. The van der Waals surface area contributed by atoms with Crippen LogP contribution in [-0.4, -0.2) is 26.0 Å². The van der Waals surface area contributed by atoms with Crippen molar-refractivity contribution in [3.05, 3.63) is 59.7 Å². The number of esters is 1. The predicted molar refractivity (Wildman–Crippen MR) is 89.1 cm³/mol. The fourth-order valence-corrected chi connectivity index (χ4v) is 2.20. The minimum Gasteiger partial charge on any atom is -0.493 e. The Morgan fingerprint density at radius 2 is 1.58 bits per heavy atom. The van der Waals surface area contributed by atoms with Crippen LogP contribution >= 0.6 is 0 Å². The second kappa shape index (κ2) is 8.72. The van der Waals surface area contributed by atoms with Crippen molar-refractivity contribution in [1.29, 1.82) is 0 Å². The second-order valence-corrected chi connectivity index (χ2v) is 5.17. The number of ether oxygens (including phenoxy) is 3. The molecule has 0 atom stereocenters. The highest BCUT2D eigenvalue weighted by Gasteiger charge is 2.16. The Kier molecular flexibility index (Phi) is 6.37. The van der Waals surface area contributed by atoms with Gasteiger partial charge in [-0.1, -0.05) is 36.4 Å². The highest BCUT2D eigenvalue weighted by Crippen LogP contribution is 2.27. The van der Waals surface area contributed by atoms with E-state index in [2.05, 4.69) is 0 Å². The molecule has 0 saturated carbocycles. The first-order chi connectivity index (χ1) is 11.6. The number of rotatable bonds is 8. The molecule has 0 unspecified atom stereocenters. The molecule has 126 valence electrons. The number of aryl methyl sites for hydroxylation is 1. The molecule has 2 rings (SSSR count). The summed E-state index contributed by atoms with van der Waals surface area (Å²) in [6.45, 7) is 0.0990. The second-order valence-electron chi connectivity index (χ2n) is 5.17. The van der Waals surface area contributed by atoms with E-state index in [0.717, 1.165) is 11.1 Å². The summed E-state index contributed by atoms with van der Waals surface area (Å²) in [6.07, 6.45) is 0.517. The third-order valence-electron chi connectivity index (χ3n) is 3.53. The molecule has 0 aliphatic carbocycles. The molecule has 0 aromatic heterocycles. The molecule has 5 heteroatoms. The maximum absolute atomic E-state index is 11.9. The Morgan fingerprint density at radius 1 is 0.875 bits per heavy atom. The zero-order valence-corrected chi connectivity index (χ0v) is 13.8. The van der Waals surface area contributed by atoms with Gasteiger partial charge in [-0.2, -0.15) is 0 Å². The van der Waals surface area contributed by atoms with Crippen LogP contribution in [0.15, 0.2) is 48.5 Å². The van der Waals surface area contributed by atoms with E-state index in [0.29, 0.717) is 17.9 Å². The van der Waals surface area contributed by atoms with Crippen LogP contribution in [0.25, 0.3) is 0 Å². The minimum absolute atomic E-state index is 0.0864. The van der Waals surface area contributed by atoms with Gasteiger partial charge in [-0.25, -0.2) is 4.79 Å². The van der Waals surface area contributed by atoms with E-state index < -0.39 is 11.8 Å². The standard InChI is InChI=1S/C19H20O5/c1-22-17-11-9-14(12-18(17)23-2)8-10-16(20)19(21)24-13-15-6-4-3-5-7-15/h3-7,9,11-12H,8,10,13H2,1-2H3. The smallest absolute Gasteiger partial charge is 0.374 e. The van der Waals surface area contributed by atoms with Crippen molar-refractivity contribution in [3.8, 4) is 11.5 Å². The van der Waals surface area contributed by atoms with E-state index in [-0.39, 0.29) is 13.0 Å². The van der Waals surface area contributed by atoms with Crippen LogP contribution in [0, 0.1) is 0 Å². The van der Waals surface area contributed by atoms with Crippen LogP contribution in [0.1, 0.15) is 17.5 Å². The van der Waals surface area contributed by atoms with Gasteiger partial charge in [-0.05, 0) is 29.7 Å². The lowest BCUT2D eigenvalue weighted by molar-refractivity contribution is -0.154. The molecule has 0 bridgehead atoms. The average molecular weight is 328 g/mol. The molecular formula is C19H20O5. The predicted octanol–water partition coefficient (Wildman–Crippen LogP) is 2.95. The summed E-state index contributed by atoms with van der Waals surface area (Å²) in [6, 6.07) is 14.6. The topological polar surface area (TPSA) is 61.8 Å². The van der Waals surface area contributed by atoms with Gasteiger partial charge in [0.15, 0.2) is 11.5 Å². The molecule has 0 N–H and O–H groups in total. The van der Waals surface area contributed by atoms with Crippen molar-refractivity contribution in [2.75, 3.05) is 14.2 Å². The lowest BCUT2D eigenvalue weighted by atomic mass is 10.1. The normalized spacial score (nSPS) is 10.1. The Hall–Kier alpha value is -2.82. The lowest BCUT2D eigenvalue weighted by Crippen LogP contribution is -2.17. The van der Waals surface area contributed by atoms with Gasteiger partial charge >= 0.3 is 5.97 Å². The highest BCUT2D eigenvalue weighted by molar-refractivity contribution is 6.33. The van der Waals surface area contributed by atoms with Gasteiger partial charge in [-0.3, -0.25) is 4.79 Å². The van der Waals surface area contributed by atoms with Crippen molar-refractivity contribution in [1.82, 2.24) is 0 Å². The van der Waals surface area contributed by atoms with Gasteiger partial charge in [0, 0.05) is 6.42 Å². The van der Waals surface area contributed by atoms with Gasteiger partial charge in [0.05, 0.1) is 14.2 Å². The molecule has 0 spiro atoms. The molecule has 0 saturated heterocycles. The monoisotopic (exact) mass is 328 g/mol. The molecule has 0 fully saturated rings. The average Bonchev–Trinajstić information content (AvgIpc) is 2.64. The van der Waals surface area contributed by atoms with Crippen LogP contribution in [0.4, 0.5) is 0 Å². The first-order valence-electron chi connectivity index (χ1n) is 7.59. The number of methoxy groups -OCH3 is 2. The number of carbonyl (C=O) groups excluding carboxylic acids is 2. The number of hydrogen-bond acceptors (Lipinski definition) is 5. The van der Waals surface area contributed by atoms with Gasteiger partial charge in [0.25, 0.3) is 0 Å². The maximum Gasteiger partial charge on any atom is 0.374 e. The molecule has 0 amide bonds. The maximum atomic E-state index is 11.9. The van der Waals surface area contributed by atoms with Crippen LogP contribution in [0.3, 0.4) is 0 Å². The van der Waals surface area contributed by atoms with E-state index in [1.54, 1.807) is 26.4 Å². The zero-order chi connectivity index (χ0) is 17.4. The minimum atomic E-state index is -0.806. The molecule has 0 heterocycles. The largest absolute Gasteiger partial charge is 0.493 e. The Balaban J connectivity index is 1.85. The summed E-state index contributed by atoms with van der Waals surface area (Å²) in [5.74, 6) is -0.135. The Morgan fingerprint density at radius 3 is 2.25 bits per heavy atom. The SMILES string of the molecule is COc1ccc(CCC(=O)C(=O)OCc2ccccc2)cc1OC. The molecule has 0 radical (unpaired) electrons. The van der Waals surface area contributed by atoms with Crippen molar-refractivity contribution >= 4 is 11.8 Å². The van der Waals surface area contributed by atoms with Crippen molar-refractivity contribution < 1.29 is 23.8 Å². The third-order valence-corrected chi connectivity index (χ3v) is 3.53. The van der Waals surface area contributed by atoms with E-state index >= 15 is 0 Å². The van der Waals surface area contributed by atoms with E-state index in [9.17, 15) is 9.59 Å². The van der Waals surface area contributed by atoms with Crippen LogP contribution in [0.5, 0.6) is 11.5 Å². The van der Waals surface area contributed by atoms with Crippen molar-refractivity contribution in [3.63, 3.8) is 0 Å². The fraction of sp³-hybridized carbons (Fsp3) is 0.263. The lowest BCUT2D eigenvalue weighted by Gasteiger charge is -2.09. The Bertz CT molecular complexity index is 694. The summed E-state index contributed by atoms with van der Waals surface area (Å²) < 4.78 is 15.4. The summed E-state index contributed by atoms with van der Waals surface area (Å²) in [7, 11) is 3.11. The number of Topliss-reactive ketones (excluding diaryl/α,β-unsaturated/α-hetero) is 1. The van der Waals surface area contributed by atoms with Gasteiger partial charge in [0.2, 0.25) is 5.78 Å².